The maximum absolute atomic E-state index is 4.69. The lowest BCUT2D eigenvalue weighted by Gasteiger charge is -2.17. The van der Waals surface area contributed by atoms with Crippen molar-refractivity contribution in [2.75, 3.05) is 7.05 Å². The van der Waals surface area contributed by atoms with Crippen LogP contribution in [0.4, 0.5) is 0 Å². The summed E-state index contributed by atoms with van der Waals surface area (Å²) in [5, 5.41) is 6.84. The Kier molecular flexibility index (Phi) is 9.85. The highest BCUT2D eigenvalue weighted by atomic mass is 127. The molecular formula is C19H32IN5. The van der Waals surface area contributed by atoms with Gasteiger partial charge < -0.3 is 15.2 Å². The van der Waals surface area contributed by atoms with Crippen LogP contribution in [0.25, 0.3) is 11.0 Å². The third kappa shape index (κ3) is 6.49. The normalized spacial score (nSPS) is 12.7. The molecule has 140 valence electrons. The minimum absolute atomic E-state index is 0. The van der Waals surface area contributed by atoms with Gasteiger partial charge in [-0.3, -0.25) is 4.99 Å². The van der Waals surface area contributed by atoms with Crippen LogP contribution in [0, 0.1) is 0 Å². The molecule has 1 aromatic heterocycles. The van der Waals surface area contributed by atoms with Gasteiger partial charge in [0, 0.05) is 20.1 Å². The summed E-state index contributed by atoms with van der Waals surface area (Å²) in [6.45, 7) is 5.12. The van der Waals surface area contributed by atoms with E-state index in [1.807, 2.05) is 25.2 Å². The van der Waals surface area contributed by atoms with E-state index in [9.17, 15) is 0 Å². The van der Waals surface area contributed by atoms with Crippen LogP contribution in [-0.2, 0) is 13.6 Å². The number of hydrogen-bond donors (Lipinski definition) is 2. The Hall–Kier alpha value is -1.31. The molecule has 0 saturated heterocycles. The maximum atomic E-state index is 4.69. The number of unbranched alkanes of at least 4 members (excludes halogenated alkanes) is 3. The lowest BCUT2D eigenvalue weighted by Crippen LogP contribution is -2.42. The topological polar surface area (TPSA) is 54.2 Å². The first-order valence-electron chi connectivity index (χ1n) is 9.03. The van der Waals surface area contributed by atoms with E-state index in [0.717, 1.165) is 22.8 Å². The highest BCUT2D eigenvalue weighted by Crippen LogP contribution is 2.13. The molecule has 0 fully saturated rings. The summed E-state index contributed by atoms with van der Waals surface area (Å²) in [5.74, 6) is 1.85. The number of nitrogens with zero attached hydrogens (tertiary/aromatic N) is 3. The quantitative estimate of drug-likeness (QED) is 0.270. The molecule has 25 heavy (non-hydrogen) atoms. The number of guanidine groups is 1. The number of para-hydroxylation sites is 2. The molecule has 2 N–H and O–H groups in total. The van der Waals surface area contributed by atoms with Crippen LogP contribution in [0.2, 0.25) is 0 Å². The first kappa shape index (κ1) is 21.7. The van der Waals surface area contributed by atoms with Crippen molar-refractivity contribution < 1.29 is 0 Å². The zero-order chi connectivity index (χ0) is 17.4. The SMILES string of the molecule is CCCCCCC(C)NC(=NC)NCc1nc2ccccc2n1C.I. The van der Waals surface area contributed by atoms with Gasteiger partial charge >= 0.3 is 0 Å². The van der Waals surface area contributed by atoms with Gasteiger partial charge in [0.05, 0.1) is 17.6 Å². The van der Waals surface area contributed by atoms with Crippen LogP contribution in [-0.4, -0.2) is 28.6 Å². The van der Waals surface area contributed by atoms with Crippen molar-refractivity contribution in [3.8, 4) is 0 Å². The molecular weight excluding hydrogens is 425 g/mol. The fraction of sp³-hybridized carbons (Fsp3) is 0.579. The monoisotopic (exact) mass is 457 g/mol. The van der Waals surface area contributed by atoms with Gasteiger partial charge in [0.2, 0.25) is 0 Å². The number of fused-ring (bicyclic) bond motifs is 1. The summed E-state index contributed by atoms with van der Waals surface area (Å²) in [5.41, 5.74) is 2.19. The highest BCUT2D eigenvalue weighted by molar-refractivity contribution is 14.0. The second-order valence-corrected chi connectivity index (χ2v) is 6.40. The van der Waals surface area contributed by atoms with E-state index in [1.165, 1.54) is 32.1 Å². The molecule has 2 rings (SSSR count). The molecule has 1 heterocycles. The largest absolute Gasteiger partial charge is 0.354 e. The van der Waals surface area contributed by atoms with Crippen LogP contribution in [0.3, 0.4) is 0 Å². The molecule has 6 heteroatoms. The van der Waals surface area contributed by atoms with E-state index in [4.69, 9.17) is 0 Å². The van der Waals surface area contributed by atoms with E-state index in [1.54, 1.807) is 0 Å². The summed E-state index contributed by atoms with van der Waals surface area (Å²) < 4.78 is 2.13. The molecule has 0 bridgehead atoms. The molecule has 1 aromatic carbocycles. The molecule has 1 atom stereocenters. The maximum Gasteiger partial charge on any atom is 0.191 e. The van der Waals surface area contributed by atoms with Gasteiger partial charge in [-0.2, -0.15) is 0 Å². The van der Waals surface area contributed by atoms with Gasteiger partial charge in [-0.15, -0.1) is 24.0 Å². The first-order chi connectivity index (χ1) is 11.7. The molecule has 0 radical (unpaired) electrons. The number of benzene rings is 1. The van der Waals surface area contributed by atoms with Crippen molar-refractivity contribution in [3.05, 3.63) is 30.1 Å². The highest BCUT2D eigenvalue weighted by Gasteiger charge is 2.09. The van der Waals surface area contributed by atoms with Crippen molar-refractivity contribution in [1.29, 1.82) is 0 Å². The smallest absolute Gasteiger partial charge is 0.191 e. The van der Waals surface area contributed by atoms with Gasteiger partial charge in [0.25, 0.3) is 0 Å². The third-order valence-electron chi connectivity index (χ3n) is 4.39. The lowest BCUT2D eigenvalue weighted by molar-refractivity contribution is 0.536. The number of nitrogens with one attached hydrogen (secondary N) is 2. The van der Waals surface area contributed by atoms with E-state index >= 15 is 0 Å². The number of aliphatic imine (C=N–C) groups is 1. The second-order valence-electron chi connectivity index (χ2n) is 6.40. The van der Waals surface area contributed by atoms with Gasteiger partial charge in [-0.1, -0.05) is 44.7 Å². The van der Waals surface area contributed by atoms with E-state index in [0.29, 0.717) is 12.6 Å². The minimum atomic E-state index is 0. The van der Waals surface area contributed by atoms with Crippen molar-refractivity contribution >= 4 is 41.0 Å². The van der Waals surface area contributed by atoms with Crippen molar-refractivity contribution in [1.82, 2.24) is 20.2 Å². The molecule has 0 amide bonds. The molecule has 0 saturated carbocycles. The average molecular weight is 457 g/mol. The summed E-state index contributed by atoms with van der Waals surface area (Å²) in [6.07, 6.45) is 6.36. The molecule has 1 unspecified atom stereocenters. The molecule has 2 aromatic rings. The minimum Gasteiger partial charge on any atom is -0.354 e. The number of rotatable bonds is 8. The van der Waals surface area contributed by atoms with Crippen molar-refractivity contribution in [2.45, 2.75) is 58.5 Å². The van der Waals surface area contributed by atoms with Crippen LogP contribution in [0.15, 0.2) is 29.3 Å². The predicted molar refractivity (Wildman–Crippen MR) is 118 cm³/mol. The van der Waals surface area contributed by atoms with Crippen molar-refractivity contribution in [2.24, 2.45) is 12.0 Å². The Morgan fingerprint density at radius 1 is 1.24 bits per heavy atom. The Bertz CT molecular complexity index is 665. The number of hydrogen-bond acceptors (Lipinski definition) is 2. The van der Waals surface area contributed by atoms with Gasteiger partial charge in [-0.25, -0.2) is 4.98 Å². The molecule has 0 spiro atoms. The predicted octanol–water partition coefficient (Wildman–Crippen LogP) is 4.22. The summed E-state index contributed by atoms with van der Waals surface area (Å²) in [6, 6.07) is 8.63. The third-order valence-corrected chi connectivity index (χ3v) is 4.39. The Morgan fingerprint density at radius 2 is 2.00 bits per heavy atom. The second kappa shape index (κ2) is 11.3. The lowest BCUT2D eigenvalue weighted by atomic mass is 10.1. The Morgan fingerprint density at radius 3 is 2.68 bits per heavy atom. The van der Waals surface area contributed by atoms with Crippen LogP contribution >= 0.6 is 24.0 Å². The fourth-order valence-corrected chi connectivity index (χ4v) is 2.89. The fourth-order valence-electron chi connectivity index (χ4n) is 2.89. The van der Waals surface area contributed by atoms with E-state index in [2.05, 4.69) is 52.1 Å². The van der Waals surface area contributed by atoms with Gasteiger partial charge in [0.15, 0.2) is 5.96 Å². The summed E-state index contributed by atoms with van der Waals surface area (Å²) in [4.78, 5) is 9.01. The Labute approximate surface area is 168 Å². The summed E-state index contributed by atoms with van der Waals surface area (Å²) in [7, 11) is 3.87. The number of aromatic nitrogens is 2. The van der Waals surface area contributed by atoms with Gasteiger partial charge in [-0.05, 0) is 25.5 Å². The Balaban J connectivity index is 0.00000312. The number of imidazole rings is 1. The number of aryl methyl sites for hydroxylation is 1. The molecule has 0 aliphatic heterocycles. The first-order valence-corrected chi connectivity index (χ1v) is 9.03. The van der Waals surface area contributed by atoms with Crippen LogP contribution in [0.5, 0.6) is 0 Å². The van der Waals surface area contributed by atoms with Crippen LogP contribution in [0.1, 0.15) is 51.8 Å². The average Bonchev–Trinajstić information content (AvgIpc) is 2.92. The molecule has 0 aliphatic rings. The summed E-state index contributed by atoms with van der Waals surface area (Å²) >= 11 is 0. The zero-order valence-corrected chi connectivity index (χ0v) is 18.2. The van der Waals surface area contributed by atoms with Crippen molar-refractivity contribution in [3.63, 3.8) is 0 Å². The van der Waals surface area contributed by atoms with Crippen LogP contribution < -0.4 is 10.6 Å². The molecule has 0 aliphatic carbocycles. The van der Waals surface area contributed by atoms with Gasteiger partial charge in [0.1, 0.15) is 5.82 Å². The zero-order valence-electron chi connectivity index (χ0n) is 15.9. The van der Waals surface area contributed by atoms with E-state index in [-0.39, 0.29) is 24.0 Å². The molecule has 5 nitrogen and oxygen atoms in total. The van der Waals surface area contributed by atoms with E-state index < -0.39 is 0 Å². The standard InChI is InChI=1S/C19H31N5.HI/c1-5-6-7-8-11-15(2)22-19(20-3)21-14-18-23-16-12-9-10-13-17(16)24(18)4;/h9-10,12-13,15H,5-8,11,14H2,1-4H3,(H2,20,21,22);1H. The number of halogens is 1.